The first-order chi connectivity index (χ1) is 8.36. The Bertz CT molecular complexity index is 516. The van der Waals surface area contributed by atoms with Crippen molar-refractivity contribution >= 4 is 6.29 Å². The van der Waals surface area contributed by atoms with E-state index in [2.05, 4.69) is 36.4 Å². The van der Waals surface area contributed by atoms with Gasteiger partial charge in [0.1, 0.15) is 6.29 Å². The topological polar surface area (TPSA) is 17.1 Å². The maximum Gasteiger partial charge on any atom is 0.131 e. The molecule has 86 valence electrons. The molecule has 1 heteroatoms. The van der Waals surface area contributed by atoms with Crippen molar-refractivity contribution in [2.24, 2.45) is 17.8 Å². The van der Waals surface area contributed by atoms with E-state index in [1.54, 1.807) is 0 Å². The number of rotatable bonds is 1. The first-order valence-corrected chi connectivity index (χ1v) is 6.59. The smallest absolute Gasteiger partial charge is 0.131 e. The molecule has 17 heavy (non-hydrogen) atoms. The van der Waals surface area contributed by atoms with Crippen LogP contribution in [0.2, 0.25) is 0 Å². The second-order valence-electron chi connectivity index (χ2n) is 5.74. The van der Waals surface area contributed by atoms with Gasteiger partial charge in [-0.15, -0.1) is 0 Å². The fourth-order valence-electron chi connectivity index (χ4n) is 4.57. The van der Waals surface area contributed by atoms with Crippen LogP contribution in [0, 0.1) is 17.8 Å². The van der Waals surface area contributed by atoms with Crippen molar-refractivity contribution in [2.75, 3.05) is 0 Å². The Morgan fingerprint density at radius 1 is 1.24 bits per heavy atom. The monoisotopic (exact) mass is 224 g/mol. The Labute approximate surface area is 102 Å². The molecule has 1 aromatic carbocycles. The van der Waals surface area contributed by atoms with E-state index < -0.39 is 0 Å². The number of hydrogen-bond donors (Lipinski definition) is 0. The summed E-state index contributed by atoms with van der Waals surface area (Å²) in [6, 6.07) is 8.57. The minimum atomic E-state index is -0.186. The molecule has 0 saturated heterocycles. The summed E-state index contributed by atoms with van der Waals surface area (Å²) in [5, 5.41) is 0. The van der Waals surface area contributed by atoms with Gasteiger partial charge in [0.2, 0.25) is 0 Å². The minimum absolute atomic E-state index is 0.186. The number of benzene rings is 1. The van der Waals surface area contributed by atoms with Crippen molar-refractivity contribution in [2.45, 2.75) is 24.7 Å². The SMILES string of the molecule is O=C[C@]12c3ccccc3CC[C@H]1[C@H]1C=C[C@@H]2C1. The summed E-state index contributed by atoms with van der Waals surface area (Å²) in [7, 11) is 0. The van der Waals surface area contributed by atoms with Gasteiger partial charge in [-0.2, -0.15) is 0 Å². The van der Waals surface area contributed by atoms with E-state index in [0.717, 1.165) is 6.42 Å². The molecule has 4 atom stereocenters. The molecule has 0 aromatic heterocycles. The predicted octanol–water partition coefficient (Wildman–Crippen LogP) is 2.89. The van der Waals surface area contributed by atoms with E-state index >= 15 is 0 Å². The van der Waals surface area contributed by atoms with Crippen LogP contribution in [0.5, 0.6) is 0 Å². The van der Waals surface area contributed by atoms with Crippen LogP contribution in [0.15, 0.2) is 36.4 Å². The zero-order valence-electron chi connectivity index (χ0n) is 9.80. The first-order valence-electron chi connectivity index (χ1n) is 6.59. The van der Waals surface area contributed by atoms with Gasteiger partial charge >= 0.3 is 0 Å². The molecule has 1 aromatic rings. The van der Waals surface area contributed by atoms with Crippen LogP contribution in [0.25, 0.3) is 0 Å². The molecule has 1 fully saturated rings. The molecule has 3 aliphatic carbocycles. The third-order valence-corrected chi connectivity index (χ3v) is 5.26. The van der Waals surface area contributed by atoms with Gasteiger partial charge in [0.05, 0.1) is 5.41 Å². The molecular formula is C16H16O. The number of aldehydes is 1. The van der Waals surface area contributed by atoms with Gasteiger partial charge in [0, 0.05) is 0 Å². The van der Waals surface area contributed by atoms with Gasteiger partial charge in [-0.05, 0) is 48.1 Å². The lowest BCUT2D eigenvalue weighted by Crippen LogP contribution is -2.44. The Morgan fingerprint density at radius 2 is 2.12 bits per heavy atom. The second-order valence-corrected chi connectivity index (χ2v) is 5.74. The fraction of sp³-hybridized carbons (Fsp3) is 0.438. The number of hydrogen-bond acceptors (Lipinski definition) is 1. The van der Waals surface area contributed by atoms with Gasteiger partial charge in [0.25, 0.3) is 0 Å². The summed E-state index contributed by atoms with van der Waals surface area (Å²) in [6.07, 6.45) is 9.43. The van der Waals surface area contributed by atoms with E-state index in [1.807, 2.05) is 0 Å². The molecule has 2 bridgehead atoms. The molecule has 1 saturated carbocycles. The highest BCUT2D eigenvalue weighted by Crippen LogP contribution is 2.60. The molecule has 0 heterocycles. The maximum absolute atomic E-state index is 11.9. The molecule has 0 N–H and O–H groups in total. The molecule has 0 amide bonds. The maximum atomic E-state index is 11.9. The fourth-order valence-corrected chi connectivity index (χ4v) is 4.57. The Kier molecular flexibility index (Phi) is 1.76. The van der Waals surface area contributed by atoms with E-state index in [4.69, 9.17) is 0 Å². The van der Waals surface area contributed by atoms with E-state index in [0.29, 0.717) is 17.8 Å². The average Bonchev–Trinajstić information content (AvgIpc) is 2.98. The number of fused-ring (bicyclic) bond motifs is 7. The summed E-state index contributed by atoms with van der Waals surface area (Å²) in [4.78, 5) is 11.9. The highest BCUT2D eigenvalue weighted by Gasteiger charge is 2.58. The normalized spacial score (nSPS) is 41.1. The van der Waals surface area contributed by atoms with Crippen molar-refractivity contribution in [3.63, 3.8) is 0 Å². The van der Waals surface area contributed by atoms with Gasteiger partial charge in [-0.3, -0.25) is 0 Å². The first kappa shape index (κ1) is 9.64. The van der Waals surface area contributed by atoms with Crippen molar-refractivity contribution in [3.8, 4) is 0 Å². The Balaban J connectivity index is 1.99. The third kappa shape index (κ3) is 0.987. The summed E-state index contributed by atoms with van der Waals surface area (Å²) >= 11 is 0. The zero-order chi connectivity index (χ0) is 11.5. The van der Waals surface area contributed by atoms with E-state index in [-0.39, 0.29) is 5.41 Å². The van der Waals surface area contributed by atoms with Crippen LogP contribution in [0.3, 0.4) is 0 Å². The quantitative estimate of drug-likeness (QED) is 0.529. The van der Waals surface area contributed by atoms with Gasteiger partial charge in [-0.25, -0.2) is 0 Å². The molecular weight excluding hydrogens is 208 g/mol. The number of allylic oxidation sites excluding steroid dienone is 2. The van der Waals surface area contributed by atoms with Crippen LogP contribution in [-0.4, -0.2) is 6.29 Å². The van der Waals surface area contributed by atoms with Crippen molar-refractivity contribution in [1.29, 1.82) is 0 Å². The van der Waals surface area contributed by atoms with Gasteiger partial charge in [-0.1, -0.05) is 36.4 Å². The van der Waals surface area contributed by atoms with E-state index in [1.165, 1.54) is 30.3 Å². The summed E-state index contributed by atoms with van der Waals surface area (Å²) in [5.41, 5.74) is 2.54. The van der Waals surface area contributed by atoms with Gasteiger partial charge < -0.3 is 4.79 Å². The molecule has 0 spiro atoms. The summed E-state index contributed by atoms with van der Waals surface area (Å²) in [5.74, 6) is 1.67. The molecule has 0 unspecified atom stereocenters. The van der Waals surface area contributed by atoms with Crippen LogP contribution in [-0.2, 0) is 16.6 Å². The predicted molar refractivity (Wildman–Crippen MR) is 66.7 cm³/mol. The van der Waals surface area contributed by atoms with Crippen molar-refractivity contribution < 1.29 is 4.79 Å². The highest BCUT2D eigenvalue weighted by molar-refractivity contribution is 5.74. The van der Waals surface area contributed by atoms with Crippen LogP contribution < -0.4 is 0 Å². The number of carbonyl (C=O) groups is 1. The van der Waals surface area contributed by atoms with Crippen LogP contribution >= 0.6 is 0 Å². The van der Waals surface area contributed by atoms with Crippen LogP contribution in [0.1, 0.15) is 24.0 Å². The molecule has 0 aliphatic heterocycles. The lowest BCUT2D eigenvalue weighted by Gasteiger charge is -2.42. The molecule has 0 radical (unpaired) electrons. The Morgan fingerprint density at radius 3 is 3.00 bits per heavy atom. The van der Waals surface area contributed by atoms with Crippen LogP contribution in [0.4, 0.5) is 0 Å². The lowest BCUT2D eigenvalue weighted by atomic mass is 9.59. The zero-order valence-corrected chi connectivity index (χ0v) is 9.80. The Hall–Kier alpha value is -1.37. The van der Waals surface area contributed by atoms with Gasteiger partial charge in [0.15, 0.2) is 0 Å². The van der Waals surface area contributed by atoms with Crippen molar-refractivity contribution in [3.05, 3.63) is 47.5 Å². The van der Waals surface area contributed by atoms with Crippen molar-refractivity contribution in [1.82, 2.24) is 0 Å². The number of carbonyl (C=O) groups excluding carboxylic acids is 1. The standard InChI is InChI=1S/C16H16O/c17-10-16-13-7-5-12(9-13)15(16)8-6-11-3-1-2-4-14(11)16/h1-5,7,10,12-13,15H,6,8-9H2/t12-,13+,15-,16-/m0/s1. The summed E-state index contributed by atoms with van der Waals surface area (Å²) < 4.78 is 0. The molecule has 1 nitrogen and oxygen atoms in total. The average molecular weight is 224 g/mol. The second kappa shape index (κ2) is 3.10. The van der Waals surface area contributed by atoms with E-state index in [9.17, 15) is 4.79 Å². The largest absolute Gasteiger partial charge is 0.302 e. The highest BCUT2D eigenvalue weighted by atomic mass is 16.1. The molecule has 3 aliphatic rings. The summed E-state index contributed by atoms with van der Waals surface area (Å²) in [6.45, 7) is 0. The minimum Gasteiger partial charge on any atom is -0.302 e. The number of aryl methyl sites for hydroxylation is 1. The molecule has 4 rings (SSSR count). The lowest BCUT2D eigenvalue weighted by molar-refractivity contribution is -0.115. The third-order valence-electron chi connectivity index (χ3n) is 5.26.